The van der Waals surface area contributed by atoms with Gasteiger partial charge >= 0.3 is 0 Å². The number of pyridine rings is 1. The van der Waals surface area contributed by atoms with Gasteiger partial charge in [0.15, 0.2) is 0 Å². The average Bonchev–Trinajstić information content (AvgIpc) is 2.20. The van der Waals surface area contributed by atoms with Crippen LogP contribution in [0.15, 0.2) is 23.1 Å². The van der Waals surface area contributed by atoms with Gasteiger partial charge in [-0.3, -0.25) is 4.98 Å². The Labute approximate surface area is 118 Å². The molecular formula is C13H19BrFNOSi. The van der Waals surface area contributed by atoms with Crippen LogP contribution in [0.5, 0.6) is 0 Å². The second-order valence-corrected chi connectivity index (χ2v) is 11.3. The first-order valence-electron chi connectivity index (χ1n) is 5.78. The van der Waals surface area contributed by atoms with Crippen LogP contribution in [0.4, 0.5) is 4.39 Å². The molecule has 2 nitrogen and oxygen atoms in total. The molecule has 0 saturated heterocycles. The van der Waals surface area contributed by atoms with Crippen LogP contribution in [0.3, 0.4) is 0 Å². The maximum atomic E-state index is 13.5. The minimum Gasteiger partial charge on any atom is -0.549 e. The van der Waals surface area contributed by atoms with Crippen molar-refractivity contribution in [3.05, 3.63) is 34.5 Å². The highest BCUT2D eigenvalue weighted by Crippen LogP contribution is 2.36. The molecule has 100 valence electrons. The van der Waals surface area contributed by atoms with Crippen molar-refractivity contribution >= 4 is 30.3 Å². The molecule has 1 rings (SSSR count). The van der Waals surface area contributed by atoms with E-state index < -0.39 is 8.32 Å². The van der Waals surface area contributed by atoms with E-state index in [1.54, 1.807) is 18.5 Å². The lowest BCUT2D eigenvalue weighted by molar-refractivity contribution is 0.433. The first kappa shape index (κ1) is 15.4. The second-order valence-electron chi connectivity index (χ2n) is 5.70. The molecule has 0 fully saturated rings. The molecule has 0 atom stereocenters. The molecule has 0 aromatic carbocycles. The van der Waals surface area contributed by atoms with Crippen molar-refractivity contribution in [2.75, 3.05) is 0 Å². The normalized spacial score (nSPS) is 13.1. The van der Waals surface area contributed by atoms with Crippen LogP contribution in [-0.2, 0) is 4.43 Å². The zero-order valence-electron chi connectivity index (χ0n) is 11.4. The predicted molar refractivity (Wildman–Crippen MR) is 79.2 cm³/mol. The van der Waals surface area contributed by atoms with E-state index in [1.165, 1.54) is 6.20 Å². The number of nitrogens with zero attached hydrogens (tertiary/aromatic N) is 1. The number of hydrogen-bond acceptors (Lipinski definition) is 2. The fourth-order valence-electron chi connectivity index (χ4n) is 1.03. The molecule has 0 N–H and O–H groups in total. The molecule has 0 aliphatic carbocycles. The van der Waals surface area contributed by atoms with Gasteiger partial charge in [-0.15, -0.1) is 0 Å². The Morgan fingerprint density at radius 1 is 1.33 bits per heavy atom. The molecule has 0 saturated carbocycles. The Balaban J connectivity index is 2.84. The summed E-state index contributed by atoms with van der Waals surface area (Å²) < 4.78 is 20.0. The number of hydrogen-bond donors (Lipinski definition) is 0. The molecule has 0 radical (unpaired) electrons. The summed E-state index contributed by atoms with van der Waals surface area (Å²) in [7, 11) is -1.83. The fourth-order valence-corrected chi connectivity index (χ4v) is 2.23. The minimum atomic E-state index is -1.83. The standard InChI is InChI=1S/C13H19BrFNOSi/c1-13(2,3)18(4,5)17-7-6-10-11(14)8-16-9-12(10)15/h6-9H,1-5H3/b7-6+. The van der Waals surface area contributed by atoms with Crippen molar-refractivity contribution in [1.82, 2.24) is 4.98 Å². The lowest BCUT2D eigenvalue weighted by atomic mass is 10.2. The van der Waals surface area contributed by atoms with Crippen molar-refractivity contribution in [2.24, 2.45) is 0 Å². The van der Waals surface area contributed by atoms with Crippen LogP contribution in [0.25, 0.3) is 6.08 Å². The molecular weight excluding hydrogens is 313 g/mol. The molecule has 0 spiro atoms. The third-order valence-electron chi connectivity index (χ3n) is 3.29. The molecule has 0 amide bonds. The Morgan fingerprint density at radius 3 is 2.44 bits per heavy atom. The highest BCUT2D eigenvalue weighted by atomic mass is 79.9. The molecule has 0 unspecified atom stereocenters. The summed E-state index contributed by atoms with van der Waals surface area (Å²) in [5.41, 5.74) is 0.462. The lowest BCUT2D eigenvalue weighted by Crippen LogP contribution is -2.39. The van der Waals surface area contributed by atoms with Crippen LogP contribution >= 0.6 is 15.9 Å². The van der Waals surface area contributed by atoms with E-state index in [9.17, 15) is 4.39 Å². The smallest absolute Gasteiger partial charge is 0.249 e. The third kappa shape index (κ3) is 3.65. The van der Waals surface area contributed by atoms with E-state index in [0.717, 1.165) is 0 Å². The van der Waals surface area contributed by atoms with E-state index in [2.05, 4.69) is 54.8 Å². The maximum Gasteiger partial charge on any atom is 0.249 e. The van der Waals surface area contributed by atoms with Crippen LogP contribution in [-0.4, -0.2) is 13.3 Å². The van der Waals surface area contributed by atoms with Gasteiger partial charge in [0.25, 0.3) is 0 Å². The molecule has 0 bridgehead atoms. The van der Waals surface area contributed by atoms with Gasteiger partial charge in [0.1, 0.15) is 5.82 Å². The third-order valence-corrected chi connectivity index (χ3v) is 8.26. The van der Waals surface area contributed by atoms with Crippen molar-refractivity contribution in [3.8, 4) is 0 Å². The first-order chi connectivity index (χ1) is 8.15. The maximum absolute atomic E-state index is 13.5. The van der Waals surface area contributed by atoms with Gasteiger partial charge in [-0.05, 0) is 40.1 Å². The average molecular weight is 332 g/mol. The van der Waals surface area contributed by atoms with Crippen molar-refractivity contribution in [2.45, 2.75) is 38.9 Å². The summed E-state index contributed by atoms with van der Waals surface area (Å²) in [5.74, 6) is -0.362. The van der Waals surface area contributed by atoms with Gasteiger partial charge in [-0.1, -0.05) is 20.8 Å². The Bertz CT molecular complexity index is 435. The van der Waals surface area contributed by atoms with Crippen LogP contribution in [0.2, 0.25) is 18.1 Å². The van der Waals surface area contributed by atoms with Gasteiger partial charge in [-0.2, -0.15) is 0 Å². The van der Waals surface area contributed by atoms with Crippen molar-refractivity contribution in [1.29, 1.82) is 0 Å². The van der Waals surface area contributed by atoms with Crippen molar-refractivity contribution in [3.63, 3.8) is 0 Å². The van der Waals surface area contributed by atoms with E-state index in [4.69, 9.17) is 4.43 Å². The van der Waals surface area contributed by atoms with Crippen LogP contribution in [0, 0.1) is 5.82 Å². The van der Waals surface area contributed by atoms with Crippen molar-refractivity contribution < 1.29 is 8.82 Å². The summed E-state index contributed by atoms with van der Waals surface area (Å²) in [5, 5.41) is 0.130. The monoisotopic (exact) mass is 331 g/mol. The van der Waals surface area contributed by atoms with Crippen LogP contribution in [0.1, 0.15) is 26.3 Å². The summed E-state index contributed by atoms with van der Waals surface area (Å²) >= 11 is 3.27. The molecule has 1 aromatic rings. The summed E-state index contributed by atoms with van der Waals surface area (Å²) in [6.07, 6.45) is 5.99. The molecule has 1 aromatic heterocycles. The number of aromatic nitrogens is 1. The second kappa shape index (κ2) is 5.53. The predicted octanol–water partition coefficient (Wildman–Crippen LogP) is 4.98. The zero-order chi connectivity index (χ0) is 14.0. The Morgan fingerprint density at radius 2 is 1.94 bits per heavy atom. The van der Waals surface area contributed by atoms with E-state index in [0.29, 0.717) is 10.0 Å². The van der Waals surface area contributed by atoms with E-state index in [-0.39, 0.29) is 10.9 Å². The van der Waals surface area contributed by atoms with Gasteiger partial charge in [0.05, 0.1) is 12.5 Å². The highest BCUT2D eigenvalue weighted by Gasteiger charge is 2.37. The minimum absolute atomic E-state index is 0.130. The summed E-state index contributed by atoms with van der Waals surface area (Å²) in [6.45, 7) is 10.8. The largest absolute Gasteiger partial charge is 0.549 e. The Hall–Kier alpha value is -0.683. The molecule has 0 aliphatic rings. The summed E-state index contributed by atoms with van der Waals surface area (Å²) in [4.78, 5) is 3.75. The molecule has 18 heavy (non-hydrogen) atoms. The van der Waals surface area contributed by atoms with Gasteiger partial charge in [-0.25, -0.2) is 4.39 Å². The zero-order valence-corrected chi connectivity index (χ0v) is 14.0. The summed E-state index contributed by atoms with van der Waals surface area (Å²) in [6, 6.07) is 0. The topological polar surface area (TPSA) is 22.1 Å². The SMILES string of the molecule is CC(C)(C)[Si](C)(C)O/C=C/c1c(F)cncc1Br. The Kier molecular flexibility index (Phi) is 4.72. The quantitative estimate of drug-likeness (QED) is 0.575. The van der Waals surface area contributed by atoms with E-state index >= 15 is 0 Å². The molecule has 1 heterocycles. The van der Waals surface area contributed by atoms with Crippen LogP contribution < -0.4 is 0 Å². The molecule has 0 aliphatic heterocycles. The van der Waals surface area contributed by atoms with Gasteiger partial charge in [0, 0.05) is 16.2 Å². The lowest BCUT2D eigenvalue weighted by Gasteiger charge is -2.34. The number of rotatable bonds is 3. The number of halogens is 2. The fraction of sp³-hybridized carbons (Fsp3) is 0.462. The van der Waals surface area contributed by atoms with E-state index in [1.807, 2.05) is 0 Å². The highest BCUT2D eigenvalue weighted by molar-refractivity contribution is 9.10. The molecule has 5 heteroatoms. The van der Waals surface area contributed by atoms with Gasteiger partial charge < -0.3 is 4.43 Å². The first-order valence-corrected chi connectivity index (χ1v) is 9.48. The van der Waals surface area contributed by atoms with Gasteiger partial charge in [0.2, 0.25) is 8.32 Å².